The van der Waals surface area contributed by atoms with Crippen LogP contribution in [0.4, 0.5) is 0 Å². The van der Waals surface area contributed by atoms with E-state index in [9.17, 15) is 14.4 Å². The molecule has 24 heavy (non-hydrogen) atoms. The van der Waals surface area contributed by atoms with E-state index in [1.165, 1.54) is 4.68 Å². The molecule has 7 nitrogen and oxygen atoms in total. The van der Waals surface area contributed by atoms with Crippen molar-refractivity contribution in [1.82, 2.24) is 15.1 Å². The summed E-state index contributed by atoms with van der Waals surface area (Å²) in [5.41, 5.74) is -0.244. The van der Waals surface area contributed by atoms with Gasteiger partial charge in [-0.2, -0.15) is 5.10 Å². The Balaban J connectivity index is 2.37. The first kappa shape index (κ1) is 17.7. The van der Waals surface area contributed by atoms with E-state index in [1.54, 1.807) is 38.1 Å². The van der Waals surface area contributed by atoms with Crippen LogP contribution < -0.4 is 10.9 Å². The largest absolute Gasteiger partial charge is 0.451 e. The zero-order valence-corrected chi connectivity index (χ0v) is 14.2. The number of carbonyl (C=O) groups is 2. The van der Waals surface area contributed by atoms with Crippen LogP contribution in [0.2, 0.25) is 0 Å². The van der Waals surface area contributed by atoms with Gasteiger partial charge in [0.05, 0.1) is 11.4 Å². The van der Waals surface area contributed by atoms with Crippen LogP contribution in [0, 0.1) is 0 Å². The SMILES string of the molecule is CC(C)NC(=O)COC(=O)c1nn(C(C)C)c(=O)c2ccccc12. The molecule has 0 saturated carbocycles. The highest BCUT2D eigenvalue weighted by atomic mass is 16.5. The van der Waals surface area contributed by atoms with Gasteiger partial charge in [0, 0.05) is 11.4 Å². The van der Waals surface area contributed by atoms with E-state index < -0.39 is 12.6 Å². The van der Waals surface area contributed by atoms with Gasteiger partial charge >= 0.3 is 5.97 Å². The number of benzene rings is 1. The van der Waals surface area contributed by atoms with Crippen molar-refractivity contribution in [2.24, 2.45) is 0 Å². The van der Waals surface area contributed by atoms with E-state index in [4.69, 9.17) is 4.74 Å². The lowest BCUT2D eigenvalue weighted by Crippen LogP contribution is -2.34. The van der Waals surface area contributed by atoms with E-state index in [-0.39, 0.29) is 29.2 Å². The second-order valence-corrected chi connectivity index (χ2v) is 6.04. The van der Waals surface area contributed by atoms with Crippen molar-refractivity contribution in [3.8, 4) is 0 Å². The van der Waals surface area contributed by atoms with Crippen molar-refractivity contribution in [1.29, 1.82) is 0 Å². The van der Waals surface area contributed by atoms with E-state index in [2.05, 4.69) is 10.4 Å². The molecule has 0 atom stereocenters. The van der Waals surface area contributed by atoms with Crippen molar-refractivity contribution in [2.45, 2.75) is 39.8 Å². The van der Waals surface area contributed by atoms with Gasteiger partial charge in [0.2, 0.25) is 0 Å². The molecule has 2 rings (SSSR count). The van der Waals surface area contributed by atoms with Crippen molar-refractivity contribution >= 4 is 22.6 Å². The van der Waals surface area contributed by atoms with Crippen LogP contribution in [0.3, 0.4) is 0 Å². The Labute approximate surface area is 139 Å². The summed E-state index contributed by atoms with van der Waals surface area (Å²) in [7, 11) is 0. The van der Waals surface area contributed by atoms with Crippen LogP contribution in [0.1, 0.15) is 44.2 Å². The number of hydrogen-bond acceptors (Lipinski definition) is 5. The van der Waals surface area contributed by atoms with Crippen LogP contribution in [0.25, 0.3) is 10.8 Å². The Morgan fingerprint density at radius 1 is 1.17 bits per heavy atom. The van der Waals surface area contributed by atoms with Gasteiger partial charge in [-0.15, -0.1) is 0 Å². The van der Waals surface area contributed by atoms with Gasteiger partial charge in [-0.3, -0.25) is 9.59 Å². The number of nitrogens with zero attached hydrogens (tertiary/aromatic N) is 2. The number of carbonyl (C=O) groups excluding carboxylic acids is 2. The molecule has 0 saturated heterocycles. The molecule has 2 aromatic rings. The van der Waals surface area contributed by atoms with Crippen LogP contribution in [0.5, 0.6) is 0 Å². The second kappa shape index (κ2) is 7.25. The Kier molecular flexibility index (Phi) is 5.33. The lowest BCUT2D eigenvalue weighted by Gasteiger charge is -2.13. The predicted molar refractivity (Wildman–Crippen MR) is 89.9 cm³/mol. The molecule has 0 fully saturated rings. The molecule has 0 aliphatic carbocycles. The Morgan fingerprint density at radius 2 is 1.79 bits per heavy atom. The Hall–Kier alpha value is -2.70. The minimum absolute atomic E-state index is 0.0243. The first-order valence-electron chi connectivity index (χ1n) is 7.79. The molecule has 1 N–H and O–H groups in total. The monoisotopic (exact) mass is 331 g/mol. The normalized spacial score (nSPS) is 11.1. The maximum absolute atomic E-state index is 12.4. The number of amides is 1. The van der Waals surface area contributed by atoms with Crippen molar-refractivity contribution in [2.75, 3.05) is 6.61 Å². The van der Waals surface area contributed by atoms with Gasteiger partial charge in [0.25, 0.3) is 11.5 Å². The fraction of sp³-hybridized carbons (Fsp3) is 0.412. The molecule has 0 radical (unpaired) electrons. The molecule has 0 aliphatic heterocycles. The van der Waals surface area contributed by atoms with Gasteiger partial charge in [-0.25, -0.2) is 9.48 Å². The number of ether oxygens (including phenoxy) is 1. The van der Waals surface area contributed by atoms with E-state index in [1.807, 2.05) is 13.8 Å². The lowest BCUT2D eigenvalue weighted by molar-refractivity contribution is -0.124. The standard InChI is InChI=1S/C17H21N3O4/c1-10(2)18-14(21)9-24-17(23)15-12-7-5-6-8-13(12)16(22)20(19-15)11(3)4/h5-8,10-11H,9H2,1-4H3,(H,18,21). The maximum atomic E-state index is 12.4. The fourth-order valence-corrected chi connectivity index (χ4v) is 2.27. The van der Waals surface area contributed by atoms with Crippen LogP contribution in [0.15, 0.2) is 29.1 Å². The fourth-order valence-electron chi connectivity index (χ4n) is 2.27. The lowest BCUT2D eigenvalue weighted by atomic mass is 10.1. The highest BCUT2D eigenvalue weighted by Gasteiger charge is 2.19. The molecule has 0 bridgehead atoms. The van der Waals surface area contributed by atoms with Crippen molar-refractivity contribution in [3.05, 3.63) is 40.3 Å². The first-order chi connectivity index (χ1) is 11.3. The Bertz CT molecular complexity index is 824. The summed E-state index contributed by atoms with van der Waals surface area (Å²) in [6, 6.07) is 6.46. The number of esters is 1. The molecule has 1 amide bonds. The van der Waals surface area contributed by atoms with Crippen LogP contribution >= 0.6 is 0 Å². The molecule has 1 aromatic carbocycles. The van der Waals surface area contributed by atoms with Gasteiger partial charge in [0.15, 0.2) is 12.3 Å². The van der Waals surface area contributed by atoms with E-state index in [0.717, 1.165) is 0 Å². The average Bonchev–Trinajstić information content (AvgIpc) is 2.52. The highest BCUT2D eigenvalue weighted by Crippen LogP contribution is 2.15. The summed E-state index contributed by atoms with van der Waals surface area (Å²) >= 11 is 0. The molecule has 7 heteroatoms. The summed E-state index contributed by atoms with van der Waals surface area (Å²) in [6.45, 7) is 6.83. The van der Waals surface area contributed by atoms with Gasteiger partial charge in [-0.1, -0.05) is 18.2 Å². The van der Waals surface area contributed by atoms with Gasteiger partial charge in [-0.05, 0) is 33.8 Å². The Morgan fingerprint density at radius 3 is 2.38 bits per heavy atom. The van der Waals surface area contributed by atoms with Gasteiger partial charge < -0.3 is 10.1 Å². The highest BCUT2D eigenvalue weighted by molar-refractivity contribution is 6.02. The summed E-state index contributed by atoms with van der Waals surface area (Å²) in [5.74, 6) is -1.13. The molecule has 1 aromatic heterocycles. The predicted octanol–water partition coefficient (Wildman–Crippen LogP) is 1.66. The zero-order valence-electron chi connectivity index (χ0n) is 14.2. The molecule has 0 spiro atoms. The molecule has 1 heterocycles. The van der Waals surface area contributed by atoms with Crippen LogP contribution in [-0.2, 0) is 9.53 Å². The number of rotatable bonds is 5. The number of fused-ring (bicyclic) bond motifs is 1. The van der Waals surface area contributed by atoms with E-state index >= 15 is 0 Å². The molecule has 0 aliphatic rings. The molecular weight excluding hydrogens is 310 g/mol. The average molecular weight is 331 g/mol. The minimum atomic E-state index is -0.737. The zero-order chi connectivity index (χ0) is 17.9. The summed E-state index contributed by atoms with van der Waals surface area (Å²) in [4.78, 5) is 36.4. The number of hydrogen-bond donors (Lipinski definition) is 1. The third kappa shape index (κ3) is 3.79. The first-order valence-corrected chi connectivity index (χ1v) is 7.79. The second-order valence-electron chi connectivity index (χ2n) is 6.04. The van der Waals surface area contributed by atoms with Gasteiger partial charge in [0.1, 0.15) is 0 Å². The molecule has 0 unspecified atom stereocenters. The molecular formula is C17H21N3O4. The quantitative estimate of drug-likeness (QED) is 0.842. The van der Waals surface area contributed by atoms with Crippen molar-refractivity contribution in [3.63, 3.8) is 0 Å². The minimum Gasteiger partial charge on any atom is -0.451 e. The smallest absolute Gasteiger partial charge is 0.359 e. The topological polar surface area (TPSA) is 90.3 Å². The number of nitrogens with one attached hydrogen (secondary N) is 1. The number of aromatic nitrogens is 2. The summed E-state index contributed by atoms with van der Waals surface area (Å²) in [6.07, 6.45) is 0. The maximum Gasteiger partial charge on any atom is 0.359 e. The summed E-state index contributed by atoms with van der Waals surface area (Å²) < 4.78 is 6.29. The third-order valence-electron chi connectivity index (χ3n) is 3.29. The molecule has 128 valence electrons. The third-order valence-corrected chi connectivity index (χ3v) is 3.29. The van der Waals surface area contributed by atoms with E-state index in [0.29, 0.717) is 10.8 Å². The van der Waals surface area contributed by atoms with Crippen LogP contribution in [-0.4, -0.2) is 34.3 Å². The van der Waals surface area contributed by atoms with Crippen molar-refractivity contribution < 1.29 is 14.3 Å². The summed E-state index contributed by atoms with van der Waals surface area (Å²) in [5, 5.41) is 7.57.